The number of carbonyl (C=O) groups is 1. The molecule has 0 bridgehead atoms. The third-order valence-corrected chi connectivity index (χ3v) is 2.75. The largest absolute Gasteiger partial charge is 0.340 e. The summed E-state index contributed by atoms with van der Waals surface area (Å²) in [6, 6.07) is 2.09. The number of nitrogens with zero attached hydrogens (tertiary/aromatic N) is 2. The lowest BCUT2D eigenvalue weighted by molar-refractivity contribution is -0.133. The highest BCUT2D eigenvalue weighted by Crippen LogP contribution is 2.10. The summed E-state index contributed by atoms with van der Waals surface area (Å²) in [7, 11) is 0. The van der Waals surface area contributed by atoms with Gasteiger partial charge in [0.15, 0.2) is 0 Å². The van der Waals surface area contributed by atoms with Crippen molar-refractivity contribution in [2.75, 3.05) is 19.6 Å². The van der Waals surface area contributed by atoms with Gasteiger partial charge in [-0.15, -0.1) is 0 Å². The first-order valence-corrected chi connectivity index (χ1v) is 6.04. The molecule has 4 heteroatoms. The summed E-state index contributed by atoms with van der Waals surface area (Å²) in [5.74, 6) is 0.616. The molecule has 0 radical (unpaired) electrons. The minimum Gasteiger partial charge on any atom is -0.340 e. The minimum absolute atomic E-state index is 0.0163. The van der Waals surface area contributed by atoms with Gasteiger partial charge in [-0.25, -0.2) is 0 Å². The molecule has 1 saturated heterocycles. The van der Waals surface area contributed by atoms with Crippen LogP contribution in [0.5, 0.6) is 0 Å². The molecule has 1 fully saturated rings. The third kappa shape index (κ3) is 3.82. The van der Waals surface area contributed by atoms with Gasteiger partial charge in [0.25, 0.3) is 0 Å². The van der Waals surface area contributed by atoms with Crippen molar-refractivity contribution in [1.82, 2.24) is 10.2 Å². The van der Waals surface area contributed by atoms with Crippen LogP contribution >= 0.6 is 0 Å². The van der Waals surface area contributed by atoms with Gasteiger partial charge in [-0.05, 0) is 25.3 Å². The average Bonchev–Trinajstić information content (AvgIpc) is 2.76. The lowest BCUT2D eigenvalue weighted by Gasteiger charge is -2.26. The zero-order valence-corrected chi connectivity index (χ0v) is 10.2. The number of hydrogen-bond acceptors (Lipinski definition) is 3. The van der Waals surface area contributed by atoms with Crippen molar-refractivity contribution in [2.24, 2.45) is 5.92 Å². The number of hydrogen-bond donors (Lipinski definition) is 1. The molecule has 1 N–H and O–H groups in total. The molecule has 0 aliphatic carbocycles. The molecule has 90 valence electrons. The van der Waals surface area contributed by atoms with E-state index in [-0.39, 0.29) is 11.9 Å². The Morgan fingerprint density at radius 2 is 2.38 bits per heavy atom. The highest BCUT2D eigenvalue weighted by Gasteiger charge is 2.26. The molecule has 1 aliphatic rings. The number of nitrogens with one attached hydrogen (secondary N) is 1. The third-order valence-electron chi connectivity index (χ3n) is 2.75. The van der Waals surface area contributed by atoms with Gasteiger partial charge in [0.2, 0.25) is 5.91 Å². The monoisotopic (exact) mass is 223 g/mol. The highest BCUT2D eigenvalue weighted by molar-refractivity contribution is 5.82. The molecule has 4 nitrogen and oxygen atoms in total. The minimum atomic E-state index is -0.0163. The molecule has 1 atom stereocenters. The Kier molecular flexibility index (Phi) is 5.27. The summed E-state index contributed by atoms with van der Waals surface area (Å²) < 4.78 is 0. The summed E-state index contributed by atoms with van der Waals surface area (Å²) in [6.07, 6.45) is 2.43. The van der Waals surface area contributed by atoms with Crippen LogP contribution in [0.1, 0.15) is 33.1 Å². The molecular weight excluding hydrogens is 202 g/mol. The first kappa shape index (κ1) is 13.0. The van der Waals surface area contributed by atoms with E-state index < -0.39 is 0 Å². The van der Waals surface area contributed by atoms with Crippen LogP contribution in [0.3, 0.4) is 0 Å². The van der Waals surface area contributed by atoms with Gasteiger partial charge in [-0.3, -0.25) is 4.79 Å². The van der Waals surface area contributed by atoms with Crippen molar-refractivity contribution >= 4 is 5.91 Å². The molecule has 16 heavy (non-hydrogen) atoms. The van der Waals surface area contributed by atoms with Crippen molar-refractivity contribution in [3.8, 4) is 6.07 Å². The molecule has 1 aliphatic heterocycles. The zero-order chi connectivity index (χ0) is 12.0. The normalized spacial score (nSPS) is 19.8. The molecular formula is C12H21N3O. The van der Waals surface area contributed by atoms with Crippen molar-refractivity contribution in [3.05, 3.63) is 0 Å². The van der Waals surface area contributed by atoms with E-state index >= 15 is 0 Å². The Bertz CT molecular complexity index is 264. The second-order valence-corrected chi connectivity index (χ2v) is 4.74. The van der Waals surface area contributed by atoms with Gasteiger partial charge in [0, 0.05) is 13.1 Å². The van der Waals surface area contributed by atoms with Crippen LogP contribution in [0.15, 0.2) is 0 Å². The maximum Gasteiger partial charge on any atom is 0.239 e. The van der Waals surface area contributed by atoms with Crippen molar-refractivity contribution in [3.63, 3.8) is 0 Å². The van der Waals surface area contributed by atoms with Crippen molar-refractivity contribution < 1.29 is 4.79 Å². The van der Waals surface area contributed by atoms with E-state index in [9.17, 15) is 4.79 Å². The molecule has 0 unspecified atom stereocenters. The van der Waals surface area contributed by atoms with E-state index in [0.717, 1.165) is 25.9 Å². The first-order valence-electron chi connectivity index (χ1n) is 6.04. The molecule has 1 amide bonds. The fourth-order valence-electron chi connectivity index (χ4n) is 2.03. The second-order valence-electron chi connectivity index (χ2n) is 4.74. The Morgan fingerprint density at radius 1 is 1.62 bits per heavy atom. The topological polar surface area (TPSA) is 56.1 Å². The average molecular weight is 223 g/mol. The SMILES string of the molecule is CC(C)CN(CCC#N)C(=O)[C@@H]1CCCN1. The Hall–Kier alpha value is -1.08. The van der Waals surface area contributed by atoms with E-state index in [0.29, 0.717) is 18.9 Å². The molecule has 0 saturated carbocycles. The summed E-state index contributed by atoms with van der Waals surface area (Å²) in [5, 5.41) is 11.8. The van der Waals surface area contributed by atoms with Crippen LogP contribution in [0.4, 0.5) is 0 Å². The van der Waals surface area contributed by atoms with Crippen molar-refractivity contribution in [2.45, 2.75) is 39.2 Å². The molecule has 0 aromatic rings. The lowest BCUT2D eigenvalue weighted by atomic mass is 10.1. The van der Waals surface area contributed by atoms with E-state index in [1.165, 1.54) is 0 Å². The lowest BCUT2D eigenvalue weighted by Crippen LogP contribution is -2.45. The van der Waals surface area contributed by atoms with Gasteiger partial charge in [0.05, 0.1) is 18.5 Å². The standard InChI is InChI=1S/C12H21N3O/c1-10(2)9-15(8-4-6-13)12(16)11-5-3-7-14-11/h10-11,14H,3-5,7-9H2,1-2H3/t11-/m0/s1. The van der Waals surface area contributed by atoms with Gasteiger partial charge in [-0.2, -0.15) is 5.26 Å². The highest BCUT2D eigenvalue weighted by atomic mass is 16.2. The smallest absolute Gasteiger partial charge is 0.239 e. The quantitative estimate of drug-likeness (QED) is 0.760. The predicted molar refractivity (Wildman–Crippen MR) is 62.7 cm³/mol. The number of amides is 1. The van der Waals surface area contributed by atoms with E-state index in [1.807, 2.05) is 4.90 Å². The summed E-state index contributed by atoms with van der Waals surface area (Å²) in [4.78, 5) is 14.0. The van der Waals surface area contributed by atoms with Gasteiger partial charge >= 0.3 is 0 Å². The van der Waals surface area contributed by atoms with E-state index in [1.54, 1.807) is 0 Å². The van der Waals surface area contributed by atoms with E-state index in [2.05, 4.69) is 25.2 Å². The summed E-state index contributed by atoms with van der Waals surface area (Å²) >= 11 is 0. The fraction of sp³-hybridized carbons (Fsp3) is 0.833. The van der Waals surface area contributed by atoms with Crippen LogP contribution in [0.25, 0.3) is 0 Å². The fourth-order valence-corrected chi connectivity index (χ4v) is 2.03. The van der Waals surface area contributed by atoms with Crippen molar-refractivity contribution in [1.29, 1.82) is 5.26 Å². The molecule has 0 spiro atoms. The number of rotatable bonds is 5. The maximum absolute atomic E-state index is 12.1. The molecule has 0 aromatic heterocycles. The van der Waals surface area contributed by atoms with E-state index in [4.69, 9.17) is 5.26 Å². The Labute approximate surface area is 97.6 Å². The Morgan fingerprint density at radius 3 is 2.88 bits per heavy atom. The van der Waals surface area contributed by atoms with Gasteiger partial charge in [0.1, 0.15) is 0 Å². The van der Waals surface area contributed by atoms with Gasteiger partial charge < -0.3 is 10.2 Å². The van der Waals surface area contributed by atoms with Gasteiger partial charge in [-0.1, -0.05) is 13.8 Å². The summed E-state index contributed by atoms with van der Waals surface area (Å²) in [5.41, 5.74) is 0. The molecule has 1 heterocycles. The number of carbonyl (C=O) groups excluding carboxylic acids is 1. The second kappa shape index (κ2) is 6.49. The Balaban J connectivity index is 2.52. The maximum atomic E-state index is 12.1. The van der Waals surface area contributed by atoms with Crippen LogP contribution in [-0.2, 0) is 4.79 Å². The predicted octanol–water partition coefficient (Wildman–Crippen LogP) is 1.14. The summed E-state index contributed by atoms with van der Waals surface area (Å²) in [6.45, 7) is 6.43. The first-order chi connectivity index (χ1) is 7.65. The van der Waals surface area contributed by atoms with Crippen LogP contribution in [0.2, 0.25) is 0 Å². The number of nitriles is 1. The van der Waals surface area contributed by atoms with Crippen LogP contribution in [-0.4, -0.2) is 36.5 Å². The van der Waals surface area contributed by atoms with Crippen LogP contribution in [0, 0.1) is 17.2 Å². The molecule has 0 aromatic carbocycles. The van der Waals surface area contributed by atoms with Crippen LogP contribution < -0.4 is 5.32 Å². The zero-order valence-electron chi connectivity index (χ0n) is 10.2. The molecule has 1 rings (SSSR count).